The number of carbonyl (C=O) groups is 1. The van der Waals surface area contributed by atoms with E-state index in [1.807, 2.05) is 19.1 Å². The van der Waals surface area contributed by atoms with Gasteiger partial charge >= 0.3 is 0 Å². The molecule has 3 rings (SSSR count). The third kappa shape index (κ3) is 4.97. The van der Waals surface area contributed by atoms with Crippen LogP contribution in [0.1, 0.15) is 48.5 Å². The first-order chi connectivity index (χ1) is 12.8. The Labute approximate surface area is 154 Å². The van der Waals surface area contributed by atoms with E-state index in [4.69, 9.17) is 9.47 Å². The standard InChI is InChI=1S/C21H26N2O3/c1-2-25-20-12-18(21(24)23-14-16-6-3-4-7-16)9-10-19(20)26-15-17-8-5-11-22-13-17/h5,8-13,16H,2-4,6-7,14-15H2,1H3,(H,23,24). The third-order valence-electron chi connectivity index (χ3n) is 4.65. The molecule has 0 unspecified atom stereocenters. The summed E-state index contributed by atoms with van der Waals surface area (Å²) in [4.78, 5) is 16.5. The number of nitrogens with zero attached hydrogens (tertiary/aromatic N) is 1. The van der Waals surface area contributed by atoms with Gasteiger partial charge in [-0.15, -0.1) is 0 Å². The number of amides is 1. The van der Waals surface area contributed by atoms with Crippen LogP contribution in [0.3, 0.4) is 0 Å². The molecule has 0 radical (unpaired) electrons. The Morgan fingerprint density at radius 2 is 2.04 bits per heavy atom. The number of aromatic nitrogens is 1. The average Bonchev–Trinajstić information content (AvgIpc) is 3.20. The Balaban J connectivity index is 1.64. The van der Waals surface area contributed by atoms with Crippen LogP contribution in [0.15, 0.2) is 42.7 Å². The number of hydrogen-bond acceptors (Lipinski definition) is 4. The minimum atomic E-state index is -0.0586. The van der Waals surface area contributed by atoms with Crippen molar-refractivity contribution >= 4 is 5.91 Å². The van der Waals surface area contributed by atoms with Crippen molar-refractivity contribution in [1.82, 2.24) is 10.3 Å². The molecule has 1 aromatic carbocycles. The number of carbonyl (C=O) groups excluding carboxylic acids is 1. The summed E-state index contributed by atoms with van der Waals surface area (Å²) >= 11 is 0. The fourth-order valence-electron chi connectivity index (χ4n) is 3.24. The molecule has 2 aromatic rings. The van der Waals surface area contributed by atoms with Gasteiger partial charge in [0.2, 0.25) is 0 Å². The number of benzene rings is 1. The Hall–Kier alpha value is -2.56. The summed E-state index contributed by atoms with van der Waals surface area (Å²) in [5.41, 5.74) is 1.58. The zero-order chi connectivity index (χ0) is 18.2. The lowest BCUT2D eigenvalue weighted by Crippen LogP contribution is -2.28. The van der Waals surface area contributed by atoms with Crippen LogP contribution in [0.5, 0.6) is 11.5 Å². The Kier molecular flexibility index (Phi) is 6.47. The molecule has 0 atom stereocenters. The van der Waals surface area contributed by atoms with Gasteiger partial charge < -0.3 is 14.8 Å². The highest BCUT2D eigenvalue weighted by molar-refractivity contribution is 5.94. The van der Waals surface area contributed by atoms with Crippen LogP contribution in [0.4, 0.5) is 0 Å². The fourth-order valence-corrected chi connectivity index (χ4v) is 3.24. The van der Waals surface area contributed by atoms with Crippen molar-refractivity contribution in [3.05, 3.63) is 53.9 Å². The topological polar surface area (TPSA) is 60.5 Å². The van der Waals surface area contributed by atoms with Gasteiger partial charge in [-0.1, -0.05) is 18.9 Å². The summed E-state index contributed by atoms with van der Waals surface area (Å²) < 4.78 is 11.5. The molecule has 1 aliphatic carbocycles. The summed E-state index contributed by atoms with van der Waals surface area (Å²) in [6.45, 7) is 3.58. The minimum Gasteiger partial charge on any atom is -0.490 e. The van der Waals surface area contributed by atoms with E-state index in [1.165, 1.54) is 25.7 Å². The number of hydrogen-bond donors (Lipinski definition) is 1. The maximum Gasteiger partial charge on any atom is 0.251 e. The van der Waals surface area contributed by atoms with E-state index in [1.54, 1.807) is 30.6 Å². The van der Waals surface area contributed by atoms with Gasteiger partial charge in [0.1, 0.15) is 6.61 Å². The predicted molar refractivity (Wildman–Crippen MR) is 100 cm³/mol. The van der Waals surface area contributed by atoms with Gasteiger partial charge in [-0.05, 0) is 49.9 Å². The van der Waals surface area contributed by atoms with Crippen molar-refractivity contribution in [3.63, 3.8) is 0 Å². The molecule has 1 fully saturated rings. The monoisotopic (exact) mass is 354 g/mol. The molecule has 1 N–H and O–H groups in total. The van der Waals surface area contributed by atoms with Gasteiger partial charge in [0.15, 0.2) is 11.5 Å². The number of ether oxygens (including phenoxy) is 2. The zero-order valence-electron chi connectivity index (χ0n) is 15.2. The van der Waals surface area contributed by atoms with E-state index in [9.17, 15) is 4.79 Å². The molecule has 1 heterocycles. The average molecular weight is 354 g/mol. The van der Waals surface area contributed by atoms with Crippen LogP contribution in [-0.2, 0) is 6.61 Å². The number of nitrogens with one attached hydrogen (secondary N) is 1. The van der Waals surface area contributed by atoms with Crippen molar-refractivity contribution in [1.29, 1.82) is 0 Å². The summed E-state index contributed by atoms with van der Waals surface area (Å²) in [7, 11) is 0. The van der Waals surface area contributed by atoms with Crippen molar-refractivity contribution in [3.8, 4) is 11.5 Å². The lowest BCUT2D eigenvalue weighted by Gasteiger charge is -2.14. The molecule has 1 aliphatic rings. The normalized spacial score (nSPS) is 14.2. The van der Waals surface area contributed by atoms with Crippen LogP contribution in [0.2, 0.25) is 0 Å². The smallest absolute Gasteiger partial charge is 0.251 e. The first-order valence-corrected chi connectivity index (χ1v) is 9.33. The van der Waals surface area contributed by atoms with Gasteiger partial charge in [-0.3, -0.25) is 9.78 Å². The lowest BCUT2D eigenvalue weighted by molar-refractivity contribution is 0.0947. The summed E-state index contributed by atoms with van der Waals surface area (Å²) in [6, 6.07) is 9.17. The van der Waals surface area contributed by atoms with Crippen LogP contribution in [0, 0.1) is 5.92 Å². The van der Waals surface area contributed by atoms with E-state index in [0.717, 1.165) is 12.1 Å². The van der Waals surface area contributed by atoms with Gasteiger partial charge in [0.05, 0.1) is 6.61 Å². The van der Waals surface area contributed by atoms with E-state index >= 15 is 0 Å². The largest absolute Gasteiger partial charge is 0.490 e. The lowest BCUT2D eigenvalue weighted by atomic mass is 10.1. The molecule has 1 saturated carbocycles. The van der Waals surface area contributed by atoms with Crippen molar-refractivity contribution in [2.75, 3.05) is 13.2 Å². The van der Waals surface area contributed by atoms with Gasteiger partial charge in [0.25, 0.3) is 5.91 Å². The first kappa shape index (κ1) is 18.2. The highest BCUT2D eigenvalue weighted by atomic mass is 16.5. The van der Waals surface area contributed by atoms with Crippen molar-refractivity contribution in [2.45, 2.75) is 39.2 Å². The quantitative estimate of drug-likeness (QED) is 0.779. The number of pyridine rings is 1. The highest BCUT2D eigenvalue weighted by Gasteiger charge is 2.17. The molecule has 5 heteroatoms. The molecule has 0 saturated heterocycles. The van der Waals surface area contributed by atoms with E-state index in [2.05, 4.69) is 10.3 Å². The third-order valence-corrected chi connectivity index (χ3v) is 4.65. The Morgan fingerprint density at radius 3 is 2.77 bits per heavy atom. The molecule has 26 heavy (non-hydrogen) atoms. The molecule has 1 aromatic heterocycles. The van der Waals surface area contributed by atoms with Crippen LogP contribution < -0.4 is 14.8 Å². The molecule has 0 bridgehead atoms. The minimum absolute atomic E-state index is 0.0586. The predicted octanol–water partition coefficient (Wildman–Crippen LogP) is 3.98. The van der Waals surface area contributed by atoms with Crippen molar-refractivity contribution < 1.29 is 14.3 Å². The van der Waals surface area contributed by atoms with E-state index < -0.39 is 0 Å². The maximum absolute atomic E-state index is 12.4. The molecule has 5 nitrogen and oxygen atoms in total. The fraction of sp³-hybridized carbons (Fsp3) is 0.429. The second-order valence-corrected chi connectivity index (χ2v) is 6.60. The molecule has 138 valence electrons. The molecular weight excluding hydrogens is 328 g/mol. The molecule has 0 aliphatic heterocycles. The van der Waals surface area contributed by atoms with Crippen LogP contribution in [0.25, 0.3) is 0 Å². The molecule has 0 spiro atoms. The van der Waals surface area contributed by atoms with Gasteiger partial charge in [-0.25, -0.2) is 0 Å². The Morgan fingerprint density at radius 1 is 1.19 bits per heavy atom. The number of rotatable bonds is 8. The highest BCUT2D eigenvalue weighted by Crippen LogP contribution is 2.29. The second-order valence-electron chi connectivity index (χ2n) is 6.60. The molecular formula is C21H26N2O3. The van der Waals surface area contributed by atoms with E-state index in [0.29, 0.717) is 36.2 Å². The van der Waals surface area contributed by atoms with Crippen molar-refractivity contribution in [2.24, 2.45) is 5.92 Å². The van der Waals surface area contributed by atoms with Crippen LogP contribution >= 0.6 is 0 Å². The summed E-state index contributed by atoms with van der Waals surface area (Å²) in [5, 5.41) is 3.04. The SMILES string of the molecule is CCOc1cc(C(=O)NCC2CCCC2)ccc1OCc1cccnc1. The van der Waals surface area contributed by atoms with Gasteiger partial charge in [-0.2, -0.15) is 0 Å². The van der Waals surface area contributed by atoms with Gasteiger partial charge in [0, 0.05) is 30.1 Å². The summed E-state index contributed by atoms with van der Waals surface area (Å²) in [5.74, 6) is 1.78. The maximum atomic E-state index is 12.4. The summed E-state index contributed by atoms with van der Waals surface area (Å²) in [6.07, 6.45) is 8.48. The first-order valence-electron chi connectivity index (χ1n) is 9.33. The Bertz CT molecular complexity index is 712. The van der Waals surface area contributed by atoms with E-state index in [-0.39, 0.29) is 5.91 Å². The van der Waals surface area contributed by atoms with Crippen LogP contribution in [-0.4, -0.2) is 24.0 Å². The molecule has 1 amide bonds. The second kappa shape index (κ2) is 9.22. The zero-order valence-corrected chi connectivity index (χ0v) is 15.2.